The summed E-state index contributed by atoms with van der Waals surface area (Å²) in [5.74, 6) is 2.06. The maximum absolute atomic E-state index is 11.0. The van der Waals surface area contributed by atoms with E-state index in [0.717, 1.165) is 5.69 Å². The van der Waals surface area contributed by atoms with Gasteiger partial charge in [-0.15, -0.1) is 0 Å². The normalized spacial score (nSPS) is 10.0. The lowest BCUT2D eigenvalue weighted by Crippen LogP contribution is -1.99. The highest BCUT2D eigenvalue weighted by Gasteiger charge is 2.15. The molecule has 4 N–H and O–H groups in total. The number of hydrogen-bond acceptors (Lipinski definition) is 11. The molecule has 4 aromatic rings. The van der Waals surface area contributed by atoms with Crippen molar-refractivity contribution in [2.75, 3.05) is 30.6 Å². The standard InChI is InChI=1S/C11H9ClN4O3.C11H11ClN4O/c1-19-7-2-3-8(9(6-7)16(17)18)14-10-4-5-13-11(12)15-10;1-17-7-2-3-9(8(13)6-7)15-10-4-5-14-11(12)16-10/h2-6H,1H3,(H,13,14,15);2-6H,13H2,1H3,(H,14,15,16). The third-order valence-electron chi connectivity index (χ3n) is 4.44. The molecule has 2 aromatic heterocycles. The third kappa shape index (κ3) is 7.29. The molecule has 4 rings (SSSR count). The molecule has 0 atom stereocenters. The number of nitro groups is 1. The van der Waals surface area contributed by atoms with Gasteiger partial charge in [0.1, 0.15) is 28.8 Å². The predicted molar refractivity (Wildman–Crippen MR) is 138 cm³/mol. The van der Waals surface area contributed by atoms with Crippen molar-refractivity contribution in [3.8, 4) is 11.5 Å². The molecular formula is C22H20Cl2N8O4. The number of halogens is 2. The van der Waals surface area contributed by atoms with E-state index in [1.807, 2.05) is 12.1 Å². The number of nitrogens with two attached hydrogens (primary N) is 1. The van der Waals surface area contributed by atoms with Gasteiger partial charge >= 0.3 is 0 Å². The summed E-state index contributed by atoms with van der Waals surface area (Å²) in [7, 11) is 3.03. The van der Waals surface area contributed by atoms with Gasteiger partial charge < -0.3 is 25.8 Å². The summed E-state index contributed by atoms with van der Waals surface area (Å²) < 4.78 is 10.0. The van der Waals surface area contributed by atoms with Crippen molar-refractivity contribution in [3.63, 3.8) is 0 Å². The molecule has 12 nitrogen and oxygen atoms in total. The Morgan fingerprint density at radius 2 is 1.33 bits per heavy atom. The van der Waals surface area contributed by atoms with Gasteiger partial charge in [0.05, 0.1) is 36.6 Å². The van der Waals surface area contributed by atoms with Gasteiger partial charge in [-0.3, -0.25) is 10.1 Å². The van der Waals surface area contributed by atoms with Crippen LogP contribution in [0.3, 0.4) is 0 Å². The molecule has 0 saturated heterocycles. The Labute approximate surface area is 215 Å². The zero-order chi connectivity index (χ0) is 26.1. The van der Waals surface area contributed by atoms with E-state index in [-0.39, 0.29) is 16.3 Å². The lowest BCUT2D eigenvalue weighted by atomic mass is 10.2. The summed E-state index contributed by atoms with van der Waals surface area (Å²) in [6.07, 6.45) is 3.02. The lowest BCUT2D eigenvalue weighted by molar-refractivity contribution is -0.384. The van der Waals surface area contributed by atoms with Crippen molar-refractivity contribution < 1.29 is 14.4 Å². The van der Waals surface area contributed by atoms with Crippen LogP contribution in [0.5, 0.6) is 11.5 Å². The van der Waals surface area contributed by atoms with Crippen LogP contribution in [0, 0.1) is 10.1 Å². The van der Waals surface area contributed by atoms with Crippen molar-refractivity contribution in [1.29, 1.82) is 0 Å². The minimum absolute atomic E-state index is 0.0566. The summed E-state index contributed by atoms with van der Waals surface area (Å²) in [6, 6.07) is 13.1. The number of ether oxygens (including phenoxy) is 2. The van der Waals surface area contributed by atoms with Crippen molar-refractivity contribution >= 4 is 57.6 Å². The molecule has 0 bridgehead atoms. The fraction of sp³-hybridized carbons (Fsp3) is 0.0909. The predicted octanol–water partition coefficient (Wildman–Crippen LogP) is 5.25. The topological polar surface area (TPSA) is 163 Å². The fourth-order valence-corrected chi connectivity index (χ4v) is 3.06. The Hall–Kier alpha value is -4.42. The van der Waals surface area contributed by atoms with Crippen LogP contribution in [-0.2, 0) is 0 Å². The Balaban J connectivity index is 0.000000202. The monoisotopic (exact) mass is 530 g/mol. The zero-order valence-corrected chi connectivity index (χ0v) is 20.5. The van der Waals surface area contributed by atoms with E-state index in [1.54, 1.807) is 37.6 Å². The molecule has 0 saturated carbocycles. The Kier molecular flexibility index (Phi) is 8.97. The van der Waals surface area contributed by atoms with Gasteiger partial charge in [0.25, 0.3) is 5.69 Å². The molecular weight excluding hydrogens is 511 g/mol. The Morgan fingerprint density at radius 3 is 1.81 bits per heavy atom. The molecule has 0 aliphatic carbocycles. The molecule has 0 fully saturated rings. The number of rotatable bonds is 7. The molecule has 36 heavy (non-hydrogen) atoms. The Morgan fingerprint density at radius 1 is 0.833 bits per heavy atom. The first-order valence-corrected chi connectivity index (χ1v) is 10.8. The molecule has 0 unspecified atom stereocenters. The van der Waals surface area contributed by atoms with Crippen LogP contribution in [-0.4, -0.2) is 39.1 Å². The highest BCUT2D eigenvalue weighted by Crippen LogP contribution is 2.31. The van der Waals surface area contributed by atoms with Crippen LogP contribution >= 0.6 is 23.2 Å². The summed E-state index contributed by atoms with van der Waals surface area (Å²) in [4.78, 5) is 25.9. The first-order valence-electron chi connectivity index (χ1n) is 10.1. The minimum Gasteiger partial charge on any atom is -0.497 e. The number of aromatic nitrogens is 4. The number of methoxy groups -OCH3 is 2. The van der Waals surface area contributed by atoms with E-state index in [2.05, 4.69) is 30.6 Å². The third-order valence-corrected chi connectivity index (χ3v) is 4.80. The minimum atomic E-state index is -0.506. The van der Waals surface area contributed by atoms with Crippen molar-refractivity contribution in [3.05, 3.63) is 81.6 Å². The summed E-state index contributed by atoms with van der Waals surface area (Å²) in [5.41, 5.74) is 7.34. The number of nitrogen functional groups attached to an aromatic ring is 1. The number of benzene rings is 2. The van der Waals surface area contributed by atoms with Gasteiger partial charge in [-0.25, -0.2) is 19.9 Å². The van der Waals surface area contributed by atoms with E-state index < -0.39 is 4.92 Å². The molecule has 0 aliphatic rings. The first-order chi connectivity index (χ1) is 17.3. The van der Waals surface area contributed by atoms with Gasteiger partial charge in [-0.1, -0.05) is 0 Å². The Bertz CT molecular complexity index is 1360. The highest BCUT2D eigenvalue weighted by atomic mass is 35.5. The number of hydrogen-bond donors (Lipinski definition) is 3. The number of nitrogens with zero attached hydrogens (tertiary/aromatic N) is 5. The van der Waals surface area contributed by atoms with Gasteiger partial charge in [0, 0.05) is 18.5 Å². The van der Waals surface area contributed by atoms with Crippen molar-refractivity contribution in [2.45, 2.75) is 0 Å². The summed E-state index contributed by atoms with van der Waals surface area (Å²) in [6.45, 7) is 0. The SMILES string of the molecule is COc1ccc(Nc2ccnc(Cl)n2)c(N)c1.COc1ccc(Nc2ccnc(Cl)n2)c([N+](=O)[O-])c1. The number of nitrogens with one attached hydrogen (secondary N) is 2. The van der Waals surface area contributed by atoms with Crippen LogP contribution in [0.4, 0.5) is 34.4 Å². The largest absolute Gasteiger partial charge is 0.497 e. The van der Waals surface area contributed by atoms with Crippen LogP contribution in [0.15, 0.2) is 60.9 Å². The second-order valence-electron chi connectivity index (χ2n) is 6.77. The van der Waals surface area contributed by atoms with Crippen molar-refractivity contribution in [1.82, 2.24) is 19.9 Å². The summed E-state index contributed by atoms with van der Waals surface area (Å²) >= 11 is 11.3. The van der Waals surface area contributed by atoms with Crippen LogP contribution in [0.2, 0.25) is 10.6 Å². The molecule has 0 spiro atoms. The maximum Gasteiger partial charge on any atom is 0.296 e. The average Bonchev–Trinajstić information content (AvgIpc) is 2.86. The van der Waals surface area contributed by atoms with E-state index in [0.29, 0.717) is 34.5 Å². The molecule has 0 aliphatic heterocycles. The fourth-order valence-electron chi connectivity index (χ4n) is 2.76. The van der Waals surface area contributed by atoms with Gasteiger partial charge in [-0.05, 0) is 59.6 Å². The molecule has 2 aromatic carbocycles. The number of nitro benzene ring substituents is 1. The van der Waals surface area contributed by atoms with Gasteiger partial charge in [0.15, 0.2) is 0 Å². The number of anilines is 5. The molecule has 0 radical (unpaired) electrons. The summed E-state index contributed by atoms with van der Waals surface area (Å²) in [5, 5.41) is 17.1. The van der Waals surface area contributed by atoms with Crippen LogP contribution < -0.4 is 25.8 Å². The van der Waals surface area contributed by atoms with Gasteiger partial charge in [0.2, 0.25) is 10.6 Å². The van der Waals surface area contributed by atoms with E-state index in [4.69, 9.17) is 38.4 Å². The zero-order valence-electron chi connectivity index (χ0n) is 19.0. The maximum atomic E-state index is 11.0. The van der Waals surface area contributed by atoms with Crippen molar-refractivity contribution in [2.24, 2.45) is 0 Å². The smallest absolute Gasteiger partial charge is 0.296 e. The first kappa shape index (κ1) is 26.2. The second-order valence-corrected chi connectivity index (χ2v) is 7.44. The van der Waals surface area contributed by atoms with E-state index in [9.17, 15) is 10.1 Å². The van der Waals surface area contributed by atoms with Gasteiger partial charge in [-0.2, -0.15) is 0 Å². The van der Waals surface area contributed by atoms with Crippen LogP contribution in [0.1, 0.15) is 0 Å². The van der Waals surface area contributed by atoms with Crippen LogP contribution in [0.25, 0.3) is 0 Å². The molecule has 2 heterocycles. The molecule has 0 amide bonds. The average molecular weight is 531 g/mol. The highest BCUT2D eigenvalue weighted by molar-refractivity contribution is 6.28. The quantitative estimate of drug-likeness (QED) is 0.123. The second kappa shape index (κ2) is 12.3. The van der Waals surface area contributed by atoms with E-state index in [1.165, 1.54) is 25.4 Å². The molecule has 14 heteroatoms. The lowest BCUT2D eigenvalue weighted by Gasteiger charge is -2.09. The van der Waals surface area contributed by atoms with E-state index >= 15 is 0 Å². The molecule has 186 valence electrons.